The van der Waals surface area contributed by atoms with E-state index in [4.69, 9.17) is 0 Å². The highest BCUT2D eigenvalue weighted by atomic mass is 19.4. The standard InChI is InChI=1S/C20H21F3N6/c1-24-19(28(2)14-15-4-6-17(7-5-15)20(21,22)23)26-13-16-8-10-25-18(12-16)29-11-3-9-27-29/h3-12H,13-14H2,1-2H3,(H,24,26). The van der Waals surface area contributed by atoms with Crippen LogP contribution in [0.4, 0.5) is 13.2 Å². The molecule has 0 unspecified atom stereocenters. The van der Waals surface area contributed by atoms with Crippen LogP contribution in [0.25, 0.3) is 5.82 Å². The SMILES string of the molecule is CN=C(NCc1ccnc(-n2cccn2)c1)N(C)Cc1ccc(C(F)(F)F)cc1. The molecule has 152 valence electrons. The molecule has 9 heteroatoms. The topological polar surface area (TPSA) is 58.3 Å². The molecule has 0 bridgehead atoms. The van der Waals surface area contributed by atoms with Crippen molar-refractivity contribution >= 4 is 5.96 Å². The van der Waals surface area contributed by atoms with E-state index >= 15 is 0 Å². The summed E-state index contributed by atoms with van der Waals surface area (Å²) in [6.07, 6.45) is 0.880. The molecule has 1 N–H and O–H groups in total. The van der Waals surface area contributed by atoms with Crippen molar-refractivity contribution in [3.63, 3.8) is 0 Å². The lowest BCUT2D eigenvalue weighted by Gasteiger charge is -2.22. The second-order valence-corrected chi connectivity index (χ2v) is 6.42. The van der Waals surface area contributed by atoms with Crippen molar-refractivity contribution in [1.29, 1.82) is 0 Å². The van der Waals surface area contributed by atoms with E-state index in [0.717, 1.165) is 23.3 Å². The number of hydrogen-bond acceptors (Lipinski definition) is 3. The van der Waals surface area contributed by atoms with Crippen molar-refractivity contribution < 1.29 is 13.2 Å². The van der Waals surface area contributed by atoms with Crippen molar-refractivity contribution in [2.75, 3.05) is 14.1 Å². The van der Waals surface area contributed by atoms with Gasteiger partial charge in [-0.2, -0.15) is 18.3 Å². The molecule has 0 spiro atoms. The highest BCUT2D eigenvalue weighted by molar-refractivity contribution is 5.79. The minimum Gasteiger partial charge on any atom is -0.352 e. The Hall–Kier alpha value is -3.36. The van der Waals surface area contributed by atoms with Crippen molar-refractivity contribution in [2.24, 2.45) is 4.99 Å². The first kappa shape index (κ1) is 20.4. The molecule has 0 amide bonds. The Morgan fingerprint density at radius 1 is 1.14 bits per heavy atom. The van der Waals surface area contributed by atoms with E-state index in [9.17, 15) is 13.2 Å². The summed E-state index contributed by atoms with van der Waals surface area (Å²) >= 11 is 0. The van der Waals surface area contributed by atoms with Crippen LogP contribution < -0.4 is 5.32 Å². The minimum atomic E-state index is -4.33. The molecule has 1 aromatic carbocycles. The quantitative estimate of drug-likeness (QED) is 0.524. The molecule has 0 radical (unpaired) electrons. The fraction of sp³-hybridized carbons (Fsp3) is 0.250. The van der Waals surface area contributed by atoms with Crippen molar-refractivity contribution in [1.82, 2.24) is 25.0 Å². The molecule has 2 aromatic heterocycles. The third-order valence-electron chi connectivity index (χ3n) is 4.27. The molecule has 2 heterocycles. The van der Waals surface area contributed by atoms with Gasteiger partial charge in [0.2, 0.25) is 0 Å². The van der Waals surface area contributed by atoms with Gasteiger partial charge in [-0.1, -0.05) is 12.1 Å². The lowest BCUT2D eigenvalue weighted by atomic mass is 10.1. The zero-order valence-corrected chi connectivity index (χ0v) is 16.1. The van der Waals surface area contributed by atoms with Crippen LogP contribution in [0.15, 0.2) is 66.0 Å². The van der Waals surface area contributed by atoms with Crippen LogP contribution in [0.3, 0.4) is 0 Å². The molecular formula is C20H21F3N6. The summed E-state index contributed by atoms with van der Waals surface area (Å²) in [7, 11) is 3.49. The molecule has 0 aliphatic carbocycles. The number of hydrogen-bond donors (Lipinski definition) is 1. The number of aromatic nitrogens is 3. The number of alkyl halides is 3. The van der Waals surface area contributed by atoms with E-state index in [1.165, 1.54) is 12.1 Å². The summed E-state index contributed by atoms with van der Waals surface area (Å²) in [4.78, 5) is 10.4. The normalized spacial score (nSPS) is 12.1. The molecular weight excluding hydrogens is 381 g/mol. The summed E-state index contributed by atoms with van der Waals surface area (Å²) in [5.41, 5.74) is 1.10. The van der Waals surface area contributed by atoms with Gasteiger partial charge in [0.1, 0.15) is 0 Å². The van der Waals surface area contributed by atoms with Gasteiger partial charge in [0.25, 0.3) is 0 Å². The first-order valence-electron chi connectivity index (χ1n) is 8.89. The van der Waals surface area contributed by atoms with Crippen LogP contribution in [-0.4, -0.2) is 39.7 Å². The second kappa shape index (κ2) is 8.76. The number of nitrogens with zero attached hydrogens (tertiary/aromatic N) is 5. The predicted molar refractivity (Wildman–Crippen MR) is 104 cm³/mol. The maximum absolute atomic E-state index is 12.7. The summed E-state index contributed by atoms with van der Waals surface area (Å²) in [5.74, 6) is 1.34. The number of nitrogens with one attached hydrogen (secondary N) is 1. The van der Waals surface area contributed by atoms with E-state index in [0.29, 0.717) is 24.9 Å². The highest BCUT2D eigenvalue weighted by Gasteiger charge is 2.29. The lowest BCUT2D eigenvalue weighted by molar-refractivity contribution is -0.137. The number of benzene rings is 1. The highest BCUT2D eigenvalue weighted by Crippen LogP contribution is 2.29. The number of pyridine rings is 1. The van der Waals surface area contributed by atoms with Crippen molar-refractivity contribution in [2.45, 2.75) is 19.3 Å². The summed E-state index contributed by atoms with van der Waals surface area (Å²) in [6, 6.07) is 10.8. The number of guanidine groups is 1. The van der Waals surface area contributed by atoms with Gasteiger partial charge in [0, 0.05) is 45.8 Å². The Morgan fingerprint density at radius 2 is 1.90 bits per heavy atom. The molecule has 6 nitrogen and oxygen atoms in total. The van der Waals surface area contributed by atoms with Gasteiger partial charge in [0.05, 0.1) is 5.56 Å². The van der Waals surface area contributed by atoms with Crippen LogP contribution in [0.5, 0.6) is 0 Å². The molecule has 0 fully saturated rings. The average Bonchev–Trinajstić information content (AvgIpc) is 3.23. The second-order valence-electron chi connectivity index (χ2n) is 6.42. The largest absolute Gasteiger partial charge is 0.416 e. The molecule has 0 aliphatic rings. The van der Waals surface area contributed by atoms with Crippen molar-refractivity contribution in [3.8, 4) is 5.82 Å². The van der Waals surface area contributed by atoms with Crippen molar-refractivity contribution in [3.05, 3.63) is 77.7 Å². The zero-order chi connectivity index (χ0) is 20.9. The van der Waals surface area contributed by atoms with Gasteiger partial charge in [-0.05, 0) is 41.5 Å². The summed E-state index contributed by atoms with van der Waals surface area (Å²) in [6.45, 7) is 0.938. The first-order chi connectivity index (χ1) is 13.9. The van der Waals surface area contributed by atoms with Crippen LogP contribution in [-0.2, 0) is 19.3 Å². The monoisotopic (exact) mass is 402 g/mol. The minimum absolute atomic E-state index is 0.423. The van der Waals surface area contributed by atoms with Gasteiger partial charge in [0.15, 0.2) is 11.8 Å². The zero-order valence-electron chi connectivity index (χ0n) is 16.1. The molecule has 3 aromatic rings. The van der Waals surface area contributed by atoms with Crippen LogP contribution in [0, 0.1) is 0 Å². The van der Waals surface area contributed by atoms with Gasteiger partial charge in [-0.3, -0.25) is 4.99 Å². The Balaban J connectivity index is 1.61. The Bertz CT molecular complexity index is 949. The molecule has 0 aliphatic heterocycles. The van der Waals surface area contributed by atoms with Gasteiger partial charge in [-0.25, -0.2) is 9.67 Å². The Kier molecular flexibility index (Phi) is 6.16. The third kappa shape index (κ3) is 5.34. The van der Waals surface area contributed by atoms with E-state index < -0.39 is 11.7 Å². The molecule has 0 saturated carbocycles. The molecule has 0 saturated heterocycles. The number of aliphatic imine (C=N–C) groups is 1. The lowest BCUT2D eigenvalue weighted by Crippen LogP contribution is -2.38. The fourth-order valence-corrected chi connectivity index (χ4v) is 2.81. The average molecular weight is 402 g/mol. The number of halogens is 3. The van der Waals surface area contributed by atoms with Gasteiger partial charge in [-0.15, -0.1) is 0 Å². The van der Waals surface area contributed by atoms with E-state index in [1.54, 1.807) is 24.1 Å². The molecule has 29 heavy (non-hydrogen) atoms. The summed E-state index contributed by atoms with van der Waals surface area (Å²) < 4.78 is 39.8. The summed E-state index contributed by atoms with van der Waals surface area (Å²) in [5, 5.41) is 7.42. The maximum Gasteiger partial charge on any atom is 0.416 e. The van der Waals surface area contributed by atoms with E-state index in [1.807, 2.05) is 36.3 Å². The molecule has 0 atom stereocenters. The maximum atomic E-state index is 12.7. The third-order valence-corrected chi connectivity index (χ3v) is 4.27. The van der Waals surface area contributed by atoms with Gasteiger partial charge >= 0.3 is 6.18 Å². The Morgan fingerprint density at radius 3 is 2.52 bits per heavy atom. The molecule has 3 rings (SSSR count). The van der Waals surface area contributed by atoms with Crippen LogP contribution in [0.1, 0.15) is 16.7 Å². The van der Waals surface area contributed by atoms with Crippen LogP contribution in [0.2, 0.25) is 0 Å². The van der Waals surface area contributed by atoms with Gasteiger partial charge < -0.3 is 10.2 Å². The van der Waals surface area contributed by atoms with Crippen LogP contribution >= 0.6 is 0 Å². The first-order valence-corrected chi connectivity index (χ1v) is 8.89. The van der Waals surface area contributed by atoms with E-state index in [-0.39, 0.29) is 0 Å². The number of rotatable bonds is 5. The Labute approximate surface area is 166 Å². The van der Waals surface area contributed by atoms with E-state index in [2.05, 4.69) is 20.4 Å². The predicted octanol–water partition coefficient (Wildman–Crippen LogP) is 3.49. The smallest absolute Gasteiger partial charge is 0.352 e. The fourth-order valence-electron chi connectivity index (χ4n) is 2.81.